The molecule has 0 amide bonds. The fourth-order valence-corrected chi connectivity index (χ4v) is 5.66. The number of benzene rings is 1. The van der Waals surface area contributed by atoms with Gasteiger partial charge in [0.15, 0.2) is 0 Å². The molecule has 0 spiro atoms. The average Bonchev–Trinajstić information content (AvgIpc) is 3.10. The molecule has 144 valence electrons. The van der Waals surface area contributed by atoms with E-state index in [4.69, 9.17) is 9.26 Å². The van der Waals surface area contributed by atoms with Crippen molar-refractivity contribution >= 4 is 26.8 Å². The van der Waals surface area contributed by atoms with E-state index in [0.717, 1.165) is 23.7 Å². The molecular formula is C22H33O2PS. The Bertz CT molecular complexity index is 696. The second-order valence-electron chi connectivity index (χ2n) is 8.29. The Balaban J connectivity index is 1.95. The number of rotatable bonds is 7. The Morgan fingerprint density at radius 3 is 2.73 bits per heavy atom. The largest absolute Gasteiger partial charge is 0.482 e. The number of ether oxygens (including phenoxy) is 1. The SMILES string of the molecule is CCCCCC(C)C(C)c1cc(OP)c2c(c1)OC(C)(C)C1=C2CCS1. The predicted octanol–water partition coefficient (Wildman–Crippen LogP) is 7.19. The van der Waals surface area contributed by atoms with Crippen LogP contribution in [-0.4, -0.2) is 11.4 Å². The summed E-state index contributed by atoms with van der Waals surface area (Å²) in [6.07, 6.45) is 6.30. The monoisotopic (exact) mass is 392 g/mol. The smallest absolute Gasteiger partial charge is 0.134 e. The predicted molar refractivity (Wildman–Crippen MR) is 117 cm³/mol. The highest BCUT2D eigenvalue weighted by atomic mass is 32.2. The summed E-state index contributed by atoms with van der Waals surface area (Å²) in [4.78, 5) is 1.38. The molecule has 3 unspecified atom stereocenters. The van der Waals surface area contributed by atoms with E-state index in [1.807, 2.05) is 11.8 Å². The van der Waals surface area contributed by atoms with E-state index in [0.29, 0.717) is 11.8 Å². The number of hydrogen-bond acceptors (Lipinski definition) is 3. The summed E-state index contributed by atoms with van der Waals surface area (Å²) in [5, 5.41) is 0. The van der Waals surface area contributed by atoms with Crippen molar-refractivity contribution in [1.29, 1.82) is 0 Å². The van der Waals surface area contributed by atoms with E-state index in [1.54, 1.807) is 0 Å². The molecule has 2 heterocycles. The summed E-state index contributed by atoms with van der Waals surface area (Å²) in [6.45, 7) is 11.4. The first-order chi connectivity index (χ1) is 12.4. The lowest BCUT2D eigenvalue weighted by molar-refractivity contribution is 0.153. The third-order valence-electron chi connectivity index (χ3n) is 5.94. The van der Waals surface area contributed by atoms with Crippen LogP contribution in [0.3, 0.4) is 0 Å². The topological polar surface area (TPSA) is 18.5 Å². The number of hydrogen-bond donors (Lipinski definition) is 0. The molecule has 0 radical (unpaired) electrons. The Hall–Kier alpha value is -0.660. The maximum absolute atomic E-state index is 6.48. The van der Waals surface area contributed by atoms with E-state index in [1.165, 1.54) is 47.3 Å². The van der Waals surface area contributed by atoms with Crippen molar-refractivity contribution in [3.8, 4) is 11.5 Å². The minimum Gasteiger partial charge on any atom is -0.482 e. The van der Waals surface area contributed by atoms with Crippen LogP contribution in [0.4, 0.5) is 0 Å². The number of allylic oxidation sites excluding steroid dienone is 1. The molecule has 1 aromatic carbocycles. The zero-order valence-electron chi connectivity index (χ0n) is 16.9. The van der Waals surface area contributed by atoms with Gasteiger partial charge in [-0.2, -0.15) is 0 Å². The first-order valence-electron chi connectivity index (χ1n) is 9.99. The Labute approximate surface area is 165 Å². The highest BCUT2D eigenvalue weighted by Gasteiger charge is 2.39. The van der Waals surface area contributed by atoms with Gasteiger partial charge in [-0.1, -0.05) is 46.5 Å². The maximum Gasteiger partial charge on any atom is 0.134 e. The molecule has 4 heteroatoms. The van der Waals surface area contributed by atoms with Crippen LogP contribution in [0.2, 0.25) is 0 Å². The molecule has 0 fully saturated rings. The van der Waals surface area contributed by atoms with Gasteiger partial charge in [-0.25, -0.2) is 0 Å². The Kier molecular flexibility index (Phi) is 6.29. The van der Waals surface area contributed by atoms with E-state index in [-0.39, 0.29) is 5.60 Å². The van der Waals surface area contributed by atoms with Crippen LogP contribution in [0.5, 0.6) is 11.5 Å². The van der Waals surface area contributed by atoms with Crippen LogP contribution in [0.1, 0.15) is 83.8 Å². The number of fused-ring (bicyclic) bond motifs is 2. The first-order valence-corrected chi connectivity index (χ1v) is 11.4. The second-order valence-corrected chi connectivity index (χ2v) is 9.63. The van der Waals surface area contributed by atoms with Gasteiger partial charge in [-0.3, -0.25) is 0 Å². The van der Waals surface area contributed by atoms with Crippen LogP contribution in [0, 0.1) is 5.92 Å². The average molecular weight is 393 g/mol. The molecular weight excluding hydrogens is 359 g/mol. The van der Waals surface area contributed by atoms with Crippen molar-refractivity contribution in [2.75, 3.05) is 5.75 Å². The molecule has 26 heavy (non-hydrogen) atoms. The molecule has 0 saturated carbocycles. The fourth-order valence-electron chi connectivity index (χ4n) is 4.19. The van der Waals surface area contributed by atoms with Gasteiger partial charge in [0.25, 0.3) is 0 Å². The molecule has 2 aliphatic rings. The quantitative estimate of drug-likeness (QED) is 0.361. The minimum absolute atomic E-state index is 0.240. The van der Waals surface area contributed by atoms with Gasteiger partial charge in [-0.15, -0.1) is 11.8 Å². The van der Waals surface area contributed by atoms with Crippen LogP contribution in [-0.2, 0) is 0 Å². The molecule has 2 nitrogen and oxygen atoms in total. The summed E-state index contributed by atoms with van der Waals surface area (Å²) in [5.74, 6) is 4.24. The zero-order chi connectivity index (χ0) is 18.9. The molecule has 3 rings (SSSR count). The van der Waals surface area contributed by atoms with Crippen LogP contribution in [0.25, 0.3) is 5.57 Å². The standard InChI is InChI=1S/C22H33O2PS/c1-6-7-8-9-14(2)15(3)16-12-18-20(19(13-16)24-25)17-10-11-26-21(17)22(4,5)23-18/h12-15H,6-11,25H2,1-5H3. The van der Waals surface area contributed by atoms with Crippen molar-refractivity contribution in [2.45, 2.75) is 78.2 Å². The molecule has 0 bridgehead atoms. The minimum atomic E-state index is -0.240. The van der Waals surface area contributed by atoms with Crippen molar-refractivity contribution in [3.63, 3.8) is 0 Å². The van der Waals surface area contributed by atoms with Crippen molar-refractivity contribution < 1.29 is 9.26 Å². The van der Waals surface area contributed by atoms with Crippen LogP contribution >= 0.6 is 21.2 Å². The third-order valence-corrected chi connectivity index (χ3v) is 7.63. The zero-order valence-corrected chi connectivity index (χ0v) is 18.8. The molecule has 2 aliphatic heterocycles. The molecule has 3 atom stereocenters. The summed E-state index contributed by atoms with van der Waals surface area (Å²) < 4.78 is 12.2. The van der Waals surface area contributed by atoms with Gasteiger partial charge in [0.2, 0.25) is 0 Å². The van der Waals surface area contributed by atoms with E-state index < -0.39 is 0 Å². The van der Waals surface area contributed by atoms with E-state index >= 15 is 0 Å². The molecule has 0 aliphatic carbocycles. The van der Waals surface area contributed by atoms with E-state index in [2.05, 4.69) is 56.2 Å². The van der Waals surface area contributed by atoms with E-state index in [9.17, 15) is 0 Å². The summed E-state index contributed by atoms with van der Waals surface area (Å²) in [5.41, 5.74) is 3.69. The summed E-state index contributed by atoms with van der Waals surface area (Å²) >= 11 is 1.93. The van der Waals surface area contributed by atoms with Gasteiger partial charge in [-0.05, 0) is 55.4 Å². The lowest BCUT2D eigenvalue weighted by Gasteiger charge is -2.35. The highest BCUT2D eigenvalue weighted by Crippen LogP contribution is 2.54. The normalized spacial score (nSPS) is 20.2. The number of thioether (sulfide) groups is 1. The summed E-state index contributed by atoms with van der Waals surface area (Å²) in [6, 6.07) is 4.51. The second kappa shape index (κ2) is 8.15. The fraction of sp³-hybridized carbons (Fsp3) is 0.636. The van der Waals surface area contributed by atoms with Crippen LogP contribution < -0.4 is 9.26 Å². The highest BCUT2D eigenvalue weighted by molar-refractivity contribution is 8.03. The van der Waals surface area contributed by atoms with Gasteiger partial charge in [0.1, 0.15) is 17.1 Å². The molecule has 0 saturated heterocycles. The van der Waals surface area contributed by atoms with Crippen molar-refractivity contribution in [2.24, 2.45) is 5.92 Å². The lowest BCUT2D eigenvalue weighted by Crippen LogP contribution is -2.32. The Morgan fingerprint density at radius 2 is 2.04 bits per heavy atom. The first kappa shape index (κ1) is 20.1. The molecule has 0 N–H and O–H groups in total. The third kappa shape index (κ3) is 3.80. The molecule has 0 aromatic heterocycles. The Morgan fingerprint density at radius 1 is 1.27 bits per heavy atom. The van der Waals surface area contributed by atoms with Gasteiger partial charge in [0, 0.05) is 10.7 Å². The van der Waals surface area contributed by atoms with Gasteiger partial charge in [0.05, 0.1) is 15.0 Å². The summed E-state index contributed by atoms with van der Waals surface area (Å²) in [7, 11) is 2.44. The van der Waals surface area contributed by atoms with Crippen molar-refractivity contribution in [1.82, 2.24) is 0 Å². The van der Waals surface area contributed by atoms with Crippen LogP contribution in [0.15, 0.2) is 17.0 Å². The number of unbranched alkanes of at least 4 members (excludes halogenated alkanes) is 2. The molecule has 1 aromatic rings. The van der Waals surface area contributed by atoms with Gasteiger partial charge < -0.3 is 9.26 Å². The van der Waals surface area contributed by atoms with Crippen molar-refractivity contribution in [3.05, 3.63) is 28.2 Å². The lowest BCUT2D eigenvalue weighted by atomic mass is 9.83. The maximum atomic E-state index is 6.48. The van der Waals surface area contributed by atoms with Gasteiger partial charge >= 0.3 is 0 Å².